The Morgan fingerprint density at radius 2 is 1.61 bits per heavy atom. The van der Waals surface area contributed by atoms with E-state index in [-0.39, 0.29) is 5.56 Å². The first kappa shape index (κ1) is 10.5. The quantitative estimate of drug-likeness (QED) is 0.719. The van der Waals surface area contributed by atoms with E-state index < -0.39 is 5.97 Å². The zero-order chi connectivity index (χ0) is 12.5. The van der Waals surface area contributed by atoms with Crippen molar-refractivity contribution in [1.82, 2.24) is 15.4 Å². The van der Waals surface area contributed by atoms with Crippen LogP contribution < -0.4 is 0 Å². The lowest BCUT2D eigenvalue weighted by Gasteiger charge is -2.01. The van der Waals surface area contributed by atoms with Crippen LogP contribution in [0.3, 0.4) is 0 Å². The zero-order valence-electron chi connectivity index (χ0n) is 9.29. The third kappa shape index (κ3) is 1.71. The van der Waals surface area contributed by atoms with Gasteiger partial charge in [0.25, 0.3) is 0 Å². The summed E-state index contributed by atoms with van der Waals surface area (Å²) in [5.41, 5.74) is 3.80. The van der Waals surface area contributed by atoms with Gasteiger partial charge in [-0.1, -0.05) is 18.2 Å². The number of carbonyl (C=O) groups is 1. The lowest BCUT2D eigenvalue weighted by Crippen LogP contribution is -1.94. The van der Waals surface area contributed by atoms with Crippen molar-refractivity contribution >= 4 is 17.0 Å². The third-order valence-electron chi connectivity index (χ3n) is 2.78. The molecule has 1 heterocycles. The van der Waals surface area contributed by atoms with Gasteiger partial charge in [-0.25, -0.2) is 4.79 Å². The van der Waals surface area contributed by atoms with E-state index in [4.69, 9.17) is 5.11 Å². The second-order valence-electron chi connectivity index (χ2n) is 3.91. The minimum absolute atomic E-state index is 0.279. The molecule has 18 heavy (non-hydrogen) atoms. The maximum absolute atomic E-state index is 10.8. The summed E-state index contributed by atoms with van der Waals surface area (Å²) in [6.45, 7) is 0. The average Bonchev–Trinajstić information content (AvgIpc) is 2.86. The summed E-state index contributed by atoms with van der Waals surface area (Å²) < 4.78 is 0. The van der Waals surface area contributed by atoms with Crippen LogP contribution in [0, 0.1) is 0 Å². The van der Waals surface area contributed by atoms with Gasteiger partial charge in [0.2, 0.25) is 0 Å². The molecule has 0 saturated heterocycles. The van der Waals surface area contributed by atoms with Crippen LogP contribution in [0.5, 0.6) is 0 Å². The second kappa shape index (κ2) is 3.96. The van der Waals surface area contributed by atoms with Gasteiger partial charge in [0.15, 0.2) is 0 Å². The molecule has 0 radical (unpaired) electrons. The number of nitrogens with zero attached hydrogens (tertiary/aromatic N) is 2. The summed E-state index contributed by atoms with van der Waals surface area (Å²) in [6, 6.07) is 12.5. The molecule has 0 fully saturated rings. The molecule has 0 unspecified atom stereocenters. The van der Waals surface area contributed by atoms with Gasteiger partial charge in [0, 0.05) is 0 Å². The number of fused-ring (bicyclic) bond motifs is 1. The highest BCUT2D eigenvalue weighted by atomic mass is 16.4. The Labute approximate surface area is 102 Å². The third-order valence-corrected chi connectivity index (χ3v) is 2.78. The Bertz CT molecular complexity index is 716. The largest absolute Gasteiger partial charge is 0.478 e. The molecular weight excluding hydrogens is 230 g/mol. The fraction of sp³-hybridized carbons (Fsp3) is 0. The number of nitrogens with one attached hydrogen (secondary N) is 1. The van der Waals surface area contributed by atoms with E-state index in [0.717, 1.165) is 22.2 Å². The maximum atomic E-state index is 10.8. The van der Waals surface area contributed by atoms with E-state index in [1.165, 1.54) is 0 Å². The van der Waals surface area contributed by atoms with Gasteiger partial charge in [0.1, 0.15) is 11.0 Å². The van der Waals surface area contributed by atoms with Crippen LogP contribution in [-0.2, 0) is 0 Å². The summed E-state index contributed by atoms with van der Waals surface area (Å²) in [4.78, 5) is 10.8. The van der Waals surface area contributed by atoms with E-state index in [2.05, 4.69) is 15.4 Å². The summed E-state index contributed by atoms with van der Waals surface area (Å²) in [7, 11) is 0. The normalized spacial score (nSPS) is 10.7. The molecular formula is C13H9N3O2. The Kier molecular flexibility index (Phi) is 2.30. The number of aromatic carboxylic acids is 1. The van der Waals surface area contributed by atoms with Gasteiger partial charge in [0.05, 0.1) is 5.56 Å². The van der Waals surface area contributed by atoms with E-state index >= 15 is 0 Å². The molecule has 0 bridgehead atoms. The molecule has 3 aromatic rings. The van der Waals surface area contributed by atoms with Crippen LogP contribution in [0.1, 0.15) is 10.4 Å². The zero-order valence-corrected chi connectivity index (χ0v) is 9.29. The monoisotopic (exact) mass is 239 g/mol. The van der Waals surface area contributed by atoms with Crippen LogP contribution >= 0.6 is 0 Å². The molecule has 0 aliphatic heterocycles. The van der Waals surface area contributed by atoms with Crippen molar-refractivity contribution in [2.45, 2.75) is 0 Å². The number of aromatic nitrogens is 3. The Balaban J connectivity index is 2.05. The molecule has 88 valence electrons. The number of rotatable bonds is 2. The van der Waals surface area contributed by atoms with Crippen molar-refractivity contribution in [1.29, 1.82) is 0 Å². The maximum Gasteiger partial charge on any atom is 0.335 e. The highest BCUT2D eigenvalue weighted by Gasteiger charge is 2.05. The lowest BCUT2D eigenvalue weighted by molar-refractivity contribution is 0.0697. The first-order valence-corrected chi connectivity index (χ1v) is 5.38. The van der Waals surface area contributed by atoms with E-state index in [9.17, 15) is 4.79 Å². The Morgan fingerprint density at radius 1 is 0.944 bits per heavy atom. The van der Waals surface area contributed by atoms with Crippen LogP contribution in [0.2, 0.25) is 0 Å². The molecule has 0 aliphatic carbocycles. The van der Waals surface area contributed by atoms with E-state index in [1.807, 2.05) is 18.2 Å². The van der Waals surface area contributed by atoms with E-state index in [1.54, 1.807) is 24.3 Å². The number of aromatic amines is 1. The summed E-state index contributed by atoms with van der Waals surface area (Å²) in [6.07, 6.45) is 0. The molecule has 3 rings (SSSR count). The fourth-order valence-electron chi connectivity index (χ4n) is 1.83. The number of hydrogen-bond donors (Lipinski definition) is 2. The van der Waals surface area contributed by atoms with Gasteiger partial charge in [-0.3, -0.25) is 0 Å². The van der Waals surface area contributed by atoms with Crippen molar-refractivity contribution in [3.05, 3.63) is 48.0 Å². The average molecular weight is 239 g/mol. The first-order valence-electron chi connectivity index (χ1n) is 5.38. The molecule has 0 aliphatic rings. The minimum atomic E-state index is -0.923. The van der Waals surface area contributed by atoms with Crippen molar-refractivity contribution in [3.63, 3.8) is 0 Å². The fourth-order valence-corrected chi connectivity index (χ4v) is 1.83. The van der Waals surface area contributed by atoms with Crippen LogP contribution in [0.15, 0.2) is 42.5 Å². The molecule has 1 aromatic heterocycles. The summed E-state index contributed by atoms with van der Waals surface area (Å²) >= 11 is 0. The predicted molar refractivity (Wildman–Crippen MR) is 66.3 cm³/mol. The topological polar surface area (TPSA) is 78.9 Å². The van der Waals surface area contributed by atoms with Crippen molar-refractivity contribution < 1.29 is 9.90 Å². The molecule has 2 aromatic carbocycles. The number of carboxylic acids is 1. The standard InChI is InChI=1S/C13H9N3O2/c17-13(18)9-3-1-8(2-4-9)10-5-6-11-12(7-10)15-16-14-11/h1-7H,(H,17,18)(H,14,15,16). The Hall–Kier alpha value is -2.69. The smallest absolute Gasteiger partial charge is 0.335 e. The number of hydrogen-bond acceptors (Lipinski definition) is 3. The van der Waals surface area contributed by atoms with Crippen molar-refractivity contribution in [3.8, 4) is 11.1 Å². The molecule has 0 spiro atoms. The number of H-pyrrole nitrogens is 1. The highest BCUT2D eigenvalue weighted by Crippen LogP contribution is 2.22. The molecule has 0 atom stereocenters. The number of carboxylic acid groups (broad SMARTS) is 1. The predicted octanol–water partition coefficient (Wildman–Crippen LogP) is 2.32. The van der Waals surface area contributed by atoms with Crippen molar-refractivity contribution in [2.75, 3.05) is 0 Å². The van der Waals surface area contributed by atoms with Gasteiger partial charge < -0.3 is 5.11 Å². The molecule has 5 nitrogen and oxygen atoms in total. The van der Waals surface area contributed by atoms with Crippen LogP contribution in [0.4, 0.5) is 0 Å². The molecule has 0 amide bonds. The molecule has 0 saturated carbocycles. The second-order valence-corrected chi connectivity index (χ2v) is 3.91. The summed E-state index contributed by atoms with van der Waals surface area (Å²) in [5, 5.41) is 19.4. The number of benzene rings is 2. The van der Waals surface area contributed by atoms with E-state index in [0.29, 0.717) is 0 Å². The highest BCUT2D eigenvalue weighted by molar-refractivity contribution is 5.88. The van der Waals surface area contributed by atoms with Gasteiger partial charge in [-0.15, -0.1) is 0 Å². The van der Waals surface area contributed by atoms with Gasteiger partial charge in [-0.05, 0) is 35.4 Å². The van der Waals surface area contributed by atoms with Crippen LogP contribution in [-0.4, -0.2) is 26.5 Å². The minimum Gasteiger partial charge on any atom is -0.478 e. The Morgan fingerprint density at radius 3 is 2.33 bits per heavy atom. The van der Waals surface area contributed by atoms with Gasteiger partial charge in [-0.2, -0.15) is 15.4 Å². The SMILES string of the molecule is O=C(O)c1ccc(-c2ccc3n[nH]nc3c2)cc1. The molecule has 5 heteroatoms. The molecule has 2 N–H and O–H groups in total. The van der Waals surface area contributed by atoms with Crippen LogP contribution in [0.25, 0.3) is 22.2 Å². The lowest BCUT2D eigenvalue weighted by atomic mass is 10.0. The first-order chi connectivity index (χ1) is 8.74. The summed E-state index contributed by atoms with van der Waals surface area (Å²) in [5.74, 6) is -0.923. The van der Waals surface area contributed by atoms with Crippen molar-refractivity contribution in [2.24, 2.45) is 0 Å². The van der Waals surface area contributed by atoms with Gasteiger partial charge >= 0.3 is 5.97 Å².